The Labute approximate surface area is 142 Å². The third kappa shape index (κ3) is 1.95. The molecule has 5 aliphatic rings. The van der Waals surface area contributed by atoms with E-state index in [-0.39, 0.29) is 5.60 Å². The van der Waals surface area contributed by atoms with Crippen LogP contribution in [0.25, 0.3) is 0 Å². The van der Waals surface area contributed by atoms with Gasteiger partial charge >= 0.3 is 0 Å². The summed E-state index contributed by atoms with van der Waals surface area (Å²) in [4.78, 5) is 0. The molecule has 1 saturated heterocycles. The highest BCUT2D eigenvalue weighted by Crippen LogP contribution is 2.69. The number of fused-ring (bicyclic) bond motifs is 5. The van der Waals surface area contributed by atoms with E-state index in [1.807, 2.05) is 0 Å². The first-order valence-corrected chi connectivity index (χ1v) is 10.6. The normalized spacial score (nSPS) is 61.4. The van der Waals surface area contributed by atoms with E-state index in [0.717, 1.165) is 36.2 Å². The molecule has 8 unspecified atom stereocenters. The van der Waals surface area contributed by atoms with Crippen LogP contribution in [-0.2, 0) is 4.74 Å². The van der Waals surface area contributed by atoms with Crippen molar-refractivity contribution >= 4 is 0 Å². The molecule has 1 nitrogen and oxygen atoms in total. The van der Waals surface area contributed by atoms with Crippen molar-refractivity contribution in [3.05, 3.63) is 0 Å². The summed E-state index contributed by atoms with van der Waals surface area (Å²) < 4.78 is 5.94. The van der Waals surface area contributed by atoms with Crippen LogP contribution in [0, 0.1) is 40.4 Å². The molecule has 0 amide bonds. The van der Waals surface area contributed by atoms with Gasteiger partial charge in [-0.1, -0.05) is 26.7 Å². The van der Waals surface area contributed by atoms with Gasteiger partial charge in [0.25, 0.3) is 0 Å². The predicted octanol–water partition coefficient (Wildman–Crippen LogP) is 5.82. The second kappa shape index (κ2) is 4.77. The molecule has 5 rings (SSSR count). The monoisotopic (exact) mass is 316 g/mol. The molecule has 0 spiro atoms. The van der Waals surface area contributed by atoms with Crippen LogP contribution in [0.4, 0.5) is 0 Å². The highest BCUT2D eigenvalue weighted by atomic mass is 16.6. The van der Waals surface area contributed by atoms with Crippen LogP contribution >= 0.6 is 0 Å². The van der Waals surface area contributed by atoms with Crippen LogP contribution in [0.15, 0.2) is 0 Å². The van der Waals surface area contributed by atoms with Crippen LogP contribution in [0.1, 0.15) is 85.0 Å². The molecule has 1 heterocycles. The van der Waals surface area contributed by atoms with Crippen molar-refractivity contribution in [2.75, 3.05) is 6.61 Å². The van der Waals surface area contributed by atoms with Crippen molar-refractivity contribution in [1.82, 2.24) is 0 Å². The van der Waals surface area contributed by atoms with E-state index >= 15 is 0 Å². The minimum absolute atomic E-state index is 0.252. The summed E-state index contributed by atoms with van der Waals surface area (Å²) in [6.45, 7) is 8.80. The van der Waals surface area contributed by atoms with Gasteiger partial charge < -0.3 is 4.74 Å². The Kier molecular flexibility index (Phi) is 3.16. The van der Waals surface area contributed by atoms with E-state index in [0.29, 0.717) is 10.8 Å². The summed E-state index contributed by atoms with van der Waals surface area (Å²) in [5.74, 6) is 5.00. The summed E-state index contributed by atoms with van der Waals surface area (Å²) in [7, 11) is 0. The highest BCUT2D eigenvalue weighted by Gasteiger charge is 2.64. The van der Waals surface area contributed by atoms with Crippen molar-refractivity contribution in [3.8, 4) is 0 Å². The SMILES string of the molecule is CC1(C2CCC3C4CCC5CCCCC5(C)C4CCC32C)CO1. The molecule has 4 aliphatic carbocycles. The van der Waals surface area contributed by atoms with Crippen molar-refractivity contribution in [2.45, 2.75) is 90.6 Å². The van der Waals surface area contributed by atoms with Crippen molar-refractivity contribution in [2.24, 2.45) is 40.4 Å². The Morgan fingerprint density at radius 2 is 1.52 bits per heavy atom. The summed E-state index contributed by atoms with van der Waals surface area (Å²) in [6.07, 6.45) is 15.1. The molecule has 8 atom stereocenters. The topological polar surface area (TPSA) is 12.5 Å². The quantitative estimate of drug-likeness (QED) is 0.555. The van der Waals surface area contributed by atoms with Crippen LogP contribution < -0.4 is 0 Å². The smallest absolute Gasteiger partial charge is 0.0921 e. The number of hydrogen-bond acceptors (Lipinski definition) is 1. The third-order valence-electron chi connectivity index (χ3n) is 9.92. The van der Waals surface area contributed by atoms with Crippen molar-refractivity contribution < 1.29 is 4.74 Å². The largest absolute Gasteiger partial charge is 0.370 e. The van der Waals surface area contributed by atoms with Gasteiger partial charge in [0, 0.05) is 0 Å². The van der Waals surface area contributed by atoms with E-state index in [4.69, 9.17) is 4.74 Å². The first kappa shape index (κ1) is 15.2. The lowest BCUT2D eigenvalue weighted by molar-refractivity contribution is -0.115. The van der Waals surface area contributed by atoms with Crippen LogP contribution in [0.3, 0.4) is 0 Å². The van der Waals surface area contributed by atoms with Crippen LogP contribution in [0.5, 0.6) is 0 Å². The molecule has 130 valence electrons. The molecule has 0 aromatic rings. The Morgan fingerprint density at radius 3 is 2.30 bits per heavy atom. The number of epoxide rings is 1. The summed E-state index contributed by atoms with van der Waals surface area (Å²) in [6, 6.07) is 0. The number of ether oxygens (including phenoxy) is 1. The van der Waals surface area contributed by atoms with Crippen molar-refractivity contribution in [1.29, 1.82) is 0 Å². The molecular formula is C22H36O. The van der Waals surface area contributed by atoms with E-state index in [9.17, 15) is 0 Å². The number of hydrogen-bond donors (Lipinski definition) is 0. The fraction of sp³-hybridized carbons (Fsp3) is 1.00. The zero-order valence-corrected chi connectivity index (χ0v) is 15.6. The maximum Gasteiger partial charge on any atom is 0.0921 e. The zero-order chi connectivity index (χ0) is 15.9. The zero-order valence-electron chi connectivity index (χ0n) is 15.6. The molecule has 0 aromatic heterocycles. The summed E-state index contributed by atoms with van der Waals surface area (Å²) in [5, 5.41) is 0. The fourth-order valence-electron chi connectivity index (χ4n) is 8.61. The maximum atomic E-state index is 5.94. The molecule has 0 N–H and O–H groups in total. The number of rotatable bonds is 1. The maximum absolute atomic E-state index is 5.94. The highest BCUT2D eigenvalue weighted by molar-refractivity contribution is 5.13. The van der Waals surface area contributed by atoms with Gasteiger partial charge in [-0.05, 0) is 98.7 Å². The molecule has 5 fully saturated rings. The molecule has 23 heavy (non-hydrogen) atoms. The average Bonchev–Trinajstić information content (AvgIpc) is 3.16. The minimum Gasteiger partial charge on any atom is -0.370 e. The van der Waals surface area contributed by atoms with Gasteiger partial charge in [0.05, 0.1) is 12.2 Å². The van der Waals surface area contributed by atoms with Crippen LogP contribution in [0.2, 0.25) is 0 Å². The lowest BCUT2D eigenvalue weighted by Gasteiger charge is -2.60. The molecule has 4 saturated carbocycles. The van der Waals surface area contributed by atoms with Crippen LogP contribution in [-0.4, -0.2) is 12.2 Å². The predicted molar refractivity (Wildman–Crippen MR) is 94.2 cm³/mol. The average molecular weight is 317 g/mol. The lowest BCUT2D eigenvalue weighted by atomic mass is 9.44. The second-order valence-corrected chi connectivity index (χ2v) is 10.7. The first-order valence-electron chi connectivity index (χ1n) is 10.6. The summed E-state index contributed by atoms with van der Waals surface area (Å²) in [5.41, 5.74) is 1.53. The minimum atomic E-state index is 0.252. The lowest BCUT2D eigenvalue weighted by Crippen LogP contribution is -2.53. The Bertz CT molecular complexity index is 494. The van der Waals surface area contributed by atoms with E-state index in [2.05, 4.69) is 20.8 Å². The molecule has 0 radical (unpaired) electrons. The Morgan fingerprint density at radius 1 is 0.739 bits per heavy atom. The van der Waals surface area contributed by atoms with E-state index < -0.39 is 0 Å². The third-order valence-corrected chi connectivity index (χ3v) is 9.92. The molecule has 1 heteroatoms. The van der Waals surface area contributed by atoms with Gasteiger partial charge in [0.15, 0.2) is 0 Å². The second-order valence-electron chi connectivity index (χ2n) is 10.7. The van der Waals surface area contributed by atoms with Gasteiger partial charge in [-0.25, -0.2) is 0 Å². The Hall–Kier alpha value is -0.0400. The molecule has 1 aliphatic heterocycles. The Balaban J connectivity index is 1.45. The van der Waals surface area contributed by atoms with E-state index in [1.54, 1.807) is 12.8 Å². The summed E-state index contributed by atoms with van der Waals surface area (Å²) >= 11 is 0. The van der Waals surface area contributed by atoms with Gasteiger partial charge in [0.2, 0.25) is 0 Å². The standard InChI is InChI=1S/C22H36O/c1-20-12-5-4-6-15(20)7-8-16-17-9-10-19(22(3)14-23-22)21(17,2)13-11-18(16)20/h15-19H,4-14H2,1-3H3. The van der Waals surface area contributed by atoms with Gasteiger partial charge in [-0.3, -0.25) is 0 Å². The van der Waals surface area contributed by atoms with E-state index in [1.165, 1.54) is 51.4 Å². The fourth-order valence-corrected chi connectivity index (χ4v) is 8.61. The van der Waals surface area contributed by atoms with Gasteiger partial charge in [0.1, 0.15) is 0 Å². The van der Waals surface area contributed by atoms with Gasteiger partial charge in [-0.2, -0.15) is 0 Å². The molecule has 0 bridgehead atoms. The van der Waals surface area contributed by atoms with Crippen molar-refractivity contribution in [3.63, 3.8) is 0 Å². The van der Waals surface area contributed by atoms with Gasteiger partial charge in [-0.15, -0.1) is 0 Å². The first-order chi connectivity index (χ1) is 11.0. The molecule has 0 aromatic carbocycles. The molecular weight excluding hydrogens is 280 g/mol.